The maximum atomic E-state index is 6.98. The lowest BCUT2D eigenvalue weighted by Gasteiger charge is -2.30. The Labute approximate surface area is 372 Å². The molecule has 14 rings (SSSR count). The number of aromatic nitrogens is 1. The van der Waals surface area contributed by atoms with Gasteiger partial charge in [-0.15, -0.1) is 0 Å². The van der Waals surface area contributed by atoms with Crippen LogP contribution in [0.4, 0.5) is 11.4 Å². The SMILES string of the molecule is C1=Cc2c(c3ccccc3n2-c2cccc(-c3ccc4c(c3)C3C=c5c(oc6ccc(-c7cccc(N8c9ccccc9C9CCC=CC98)c7)cc56)=C(c5ccccc5)C3O4)c2)CC1. The molecule has 4 atom stereocenters. The van der Waals surface area contributed by atoms with Crippen LogP contribution in [0.3, 0.4) is 0 Å². The maximum absolute atomic E-state index is 6.98. The second-order valence-corrected chi connectivity index (χ2v) is 18.1. The van der Waals surface area contributed by atoms with Crippen LogP contribution in [0.2, 0.25) is 0 Å². The Balaban J connectivity index is 0.883. The molecule has 9 aromatic rings. The van der Waals surface area contributed by atoms with Gasteiger partial charge in [-0.3, -0.25) is 0 Å². The first-order valence-corrected chi connectivity index (χ1v) is 22.9. The molecule has 0 saturated carbocycles. The highest BCUT2D eigenvalue weighted by Gasteiger charge is 2.41. The first-order valence-electron chi connectivity index (χ1n) is 22.9. The minimum absolute atomic E-state index is 0.00546. The molecule has 306 valence electrons. The van der Waals surface area contributed by atoms with Crippen molar-refractivity contribution in [3.63, 3.8) is 0 Å². The second kappa shape index (κ2) is 14.0. The van der Waals surface area contributed by atoms with E-state index in [4.69, 9.17) is 9.15 Å². The summed E-state index contributed by atoms with van der Waals surface area (Å²) in [4.78, 5) is 2.56. The molecule has 0 N–H and O–H groups in total. The average Bonchev–Trinajstić information content (AvgIpc) is 4.11. The van der Waals surface area contributed by atoms with Crippen LogP contribution in [0.5, 0.6) is 5.75 Å². The van der Waals surface area contributed by atoms with Gasteiger partial charge in [0.1, 0.15) is 22.9 Å². The van der Waals surface area contributed by atoms with Crippen LogP contribution in [-0.4, -0.2) is 16.7 Å². The summed E-state index contributed by atoms with van der Waals surface area (Å²) in [6.07, 6.45) is 16.1. The van der Waals surface area contributed by atoms with Gasteiger partial charge in [0.15, 0.2) is 0 Å². The summed E-state index contributed by atoms with van der Waals surface area (Å²) in [7, 11) is 0. The lowest BCUT2D eigenvalue weighted by Crippen LogP contribution is -2.37. The van der Waals surface area contributed by atoms with Crippen molar-refractivity contribution in [2.24, 2.45) is 0 Å². The fourth-order valence-electron chi connectivity index (χ4n) is 11.8. The first kappa shape index (κ1) is 36.0. The van der Waals surface area contributed by atoms with Crippen LogP contribution in [0.1, 0.15) is 59.0 Å². The fourth-order valence-corrected chi connectivity index (χ4v) is 11.8. The second-order valence-electron chi connectivity index (χ2n) is 18.1. The topological polar surface area (TPSA) is 30.5 Å². The van der Waals surface area contributed by atoms with Gasteiger partial charge in [-0.2, -0.15) is 0 Å². The summed E-state index contributed by atoms with van der Waals surface area (Å²) < 4.78 is 16.3. The number of allylic oxidation sites excluding steroid dienone is 2. The summed E-state index contributed by atoms with van der Waals surface area (Å²) in [5.74, 6) is 1.46. The number of furan rings is 1. The number of hydrogen-bond acceptors (Lipinski definition) is 3. The number of benzene rings is 7. The third-order valence-electron chi connectivity index (χ3n) is 14.7. The monoisotopic (exact) mass is 824 g/mol. The molecule has 0 bridgehead atoms. The molecule has 7 aromatic carbocycles. The molecule has 0 spiro atoms. The molecule has 2 aromatic heterocycles. The average molecular weight is 825 g/mol. The molecule has 0 fully saturated rings. The Morgan fingerprint density at radius 2 is 1.34 bits per heavy atom. The molecule has 3 aliphatic carbocycles. The molecule has 2 aliphatic heterocycles. The van der Waals surface area contributed by atoms with E-state index in [-0.39, 0.29) is 12.0 Å². The minimum atomic E-state index is -0.214. The minimum Gasteiger partial charge on any atom is -0.484 e. The van der Waals surface area contributed by atoms with E-state index in [1.54, 1.807) is 0 Å². The van der Waals surface area contributed by atoms with Crippen molar-refractivity contribution in [1.29, 1.82) is 0 Å². The number of nitrogens with zero attached hydrogens (tertiary/aromatic N) is 2. The number of para-hydroxylation sites is 2. The van der Waals surface area contributed by atoms with E-state index in [1.165, 1.54) is 79.0 Å². The van der Waals surface area contributed by atoms with E-state index >= 15 is 0 Å². The highest BCUT2D eigenvalue weighted by Crippen LogP contribution is 2.50. The van der Waals surface area contributed by atoms with E-state index in [0.29, 0.717) is 12.0 Å². The molecule has 4 unspecified atom stereocenters. The normalized spacial score (nSPS) is 20.0. The van der Waals surface area contributed by atoms with Gasteiger partial charge < -0.3 is 18.6 Å². The van der Waals surface area contributed by atoms with Crippen molar-refractivity contribution in [2.75, 3.05) is 4.90 Å². The summed E-state index contributed by atoms with van der Waals surface area (Å²) in [6, 6.07) is 60.5. The highest BCUT2D eigenvalue weighted by molar-refractivity contribution is 5.92. The van der Waals surface area contributed by atoms with Crippen LogP contribution in [-0.2, 0) is 6.42 Å². The van der Waals surface area contributed by atoms with Gasteiger partial charge in [0.25, 0.3) is 0 Å². The lowest BCUT2D eigenvalue weighted by atomic mass is 9.83. The quantitative estimate of drug-likeness (QED) is 0.162. The first-order chi connectivity index (χ1) is 31.7. The molecule has 0 amide bonds. The summed E-state index contributed by atoms with van der Waals surface area (Å²) in [5, 5.41) is 3.61. The fraction of sp³-hybridized carbons (Fsp3) is 0.133. The van der Waals surface area contributed by atoms with E-state index in [0.717, 1.165) is 57.8 Å². The molecule has 0 saturated heterocycles. The van der Waals surface area contributed by atoms with Crippen molar-refractivity contribution >= 4 is 51.0 Å². The predicted octanol–water partition coefficient (Wildman–Crippen LogP) is 13.2. The Bertz CT molecular complexity index is 3590. The van der Waals surface area contributed by atoms with Crippen LogP contribution in [0.15, 0.2) is 186 Å². The van der Waals surface area contributed by atoms with E-state index in [1.807, 2.05) is 0 Å². The lowest BCUT2D eigenvalue weighted by molar-refractivity contribution is 0.279. The summed E-state index contributed by atoms with van der Waals surface area (Å²) in [6.45, 7) is 0. The number of hydrogen-bond donors (Lipinski definition) is 0. The zero-order chi connectivity index (χ0) is 41.9. The van der Waals surface area contributed by atoms with Gasteiger partial charge in [-0.05, 0) is 131 Å². The Kier molecular flexibility index (Phi) is 7.85. The Morgan fingerprint density at radius 3 is 2.27 bits per heavy atom. The molecule has 5 aliphatic rings. The molecule has 64 heavy (non-hydrogen) atoms. The van der Waals surface area contributed by atoms with E-state index < -0.39 is 0 Å². The molecule has 4 heterocycles. The van der Waals surface area contributed by atoms with Crippen molar-refractivity contribution in [2.45, 2.75) is 49.7 Å². The van der Waals surface area contributed by atoms with Gasteiger partial charge >= 0.3 is 0 Å². The van der Waals surface area contributed by atoms with Gasteiger partial charge in [-0.25, -0.2) is 0 Å². The Morgan fingerprint density at radius 1 is 0.578 bits per heavy atom. The maximum Gasteiger partial charge on any atom is 0.142 e. The van der Waals surface area contributed by atoms with E-state index in [2.05, 4.69) is 204 Å². The van der Waals surface area contributed by atoms with Gasteiger partial charge in [0.05, 0.1) is 11.6 Å². The zero-order valence-electron chi connectivity index (χ0n) is 35.3. The molecule has 4 heteroatoms. The molecule has 0 radical (unpaired) electrons. The van der Waals surface area contributed by atoms with Crippen molar-refractivity contribution < 1.29 is 9.15 Å². The third-order valence-corrected chi connectivity index (χ3v) is 14.7. The summed E-state index contributed by atoms with van der Waals surface area (Å²) >= 11 is 0. The van der Waals surface area contributed by atoms with Crippen LogP contribution >= 0.6 is 0 Å². The predicted molar refractivity (Wildman–Crippen MR) is 261 cm³/mol. The number of fused-ring (bicyclic) bond motifs is 12. The van der Waals surface area contributed by atoms with Crippen LogP contribution < -0.4 is 20.3 Å². The molecular weight excluding hydrogens is 781 g/mol. The molecule has 4 nitrogen and oxygen atoms in total. The van der Waals surface area contributed by atoms with Crippen molar-refractivity contribution in [3.05, 3.63) is 221 Å². The largest absolute Gasteiger partial charge is 0.484 e. The number of anilines is 2. The number of aryl methyl sites for hydroxylation is 1. The van der Waals surface area contributed by atoms with Gasteiger partial charge in [0, 0.05) is 61.7 Å². The highest BCUT2D eigenvalue weighted by atomic mass is 16.5. The standard InChI is InChI=1S/C60H44N2O2/c1-2-14-37(15-3-1)58-59-50(48-34-40(28-30-56(48)63-59)38-16-12-18-42(32-38)61-52-24-8-4-20-44(52)45-21-5-9-25-53(45)61)36-51-49-35-41(29-31-57(49)64-60(51)58)39-17-13-19-43(33-39)62-54-26-10-6-22-46(54)47-23-7-11-27-55(47)62/h1-4,6,8-20,22,24-36,45,51,53,60H,5,7,21,23H2. The van der Waals surface area contributed by atoms with Crippen LogP contribution in [0, 0.1) is 0 Å². The van der Waals surface area contributed by atoms with Gasteiger partial charge in [-0.1, -0.05) is 127 Å². The molecular formula is C60H44N2O2. The van der Waals surface area contributed by atoms with Crippen molar-refractivity contribution in [3.8, 4) is 33.7 Å². The number of rotatable bonds is 5. The number of ether oxygens (including phenoxy) is 1. The third kappa shape index (κ3) is 5.35. The van der Waals surface area contributed by atoms with Gasteiger partial charge in [0.2, 0.25) is 0 Å². The van der Waals surface area contributed by atoms with E-state index in [9.17, 15) is 0 Å². The summed E-state index contributed by atoms with van der Waals surface area (Å²) in [5.41, 5.74) is 19.1. The smallest absolute Gasteiger partial charge is 0.142 e. The zero-order valence-corrected chi connectivity index (χ0v) is 35.3. The van der Waals surface area contributed by atoms with Crippen molar-refractivity contribution in [1.82, 2.24) is 4.57 Å². The van der Waals surface area contributed by atoms with Crippen LogP contribution in [0.25, 0.3) is 67.5 Å². The Hall–Kier alpha value is -7.56.